The Morgan fingerprint density at radius 2 is 1.81 bits per heavy atom. The van der Waals surface area contributed by atoms with E-state index < -0.39 is 16.1 Å². The topological polar surface area (TPSA) is 111 Å². The average Bonchev–Trinajstić information content (AvgIpc) is 2.61. The Morgan fingerprint density at radius 3 is 2.42 bits per heavy atom. The van der Waals surface area contributed by atoms with Gasteiger partial charge in [0.1, 0.15) is 18.1 Å². The van der Waals surface area contributed by atoms with Gasteiger partial charge in [-0.1, -0.05) is 12.1 Å². The van der Waals surface area contributed by atoms with E-state index in [1.54, 1.807) is 26.2 Å². The average molecular weight is 380 g/mol. The molecular weight excluding hydrogens is 356 g/mol. The molecule has 0 saturated carbocycles. The van der Waals surface area contributed by atoms with Crippen LogP contribution in [0.3, 0.4) is 0 Å². The summed E-state index contributed by atoms with van der Waals surface area (Å²) >= 11 is 0. The maximum atomic E-state index is 11.6. The number of nitrogens with one attached hydrogen (secondary N) is 1. The van der Waals surface area contributed by atoms with Crippen LogP contribution in [-0.4, -0.2) is 40.3 Å². The third-order valence-corrected chi connectivity index (χ3v) is 4.90. The Balaban J connectivity index is 1.80. The molecule has 2 rings (SSSR count). The molecule has 0 radical (unpaired) electrons. The molecule has 0 heterocycles. The summed E-state index contributed by atoms with van der Waals surface area (Å²) in [6.07, 6.45) is -0.850. The fourth-order valence-corrected chi connectivity index (χ4v) is 3.22. The van der Waals surface area contributed by atoms with Crippen LogP contribution in [0.15, 0.2) is 47.4 Å². The van der Waals surface area contributed by atoms with Crippen LogP contribution in [-0.2, 0) is 10.0 Å². The number of aliphatic hydroxyl groups excluding tert-OH is 1. The van der Waals surface area contributed by atoms with Crippen molar-refractivity contribution in [2.24, 2.45) is 5.14 Å². The van der Waals surface area contributed by atoms with E-state index in [-0.39, 0.29) is 11.4 Å². The van der Waals surface area contributed by atoms with Crippen LogP contribution in [0.4, 0.5) is 0 Å². The van der Waals surface area contributed by atoms with Crippen LogP contribution in [0.25, 0.3) is 0 Å². The number of rotatable bonds is 9. The van der Waals surface area contributed by atoms with Gasteiger partial charge in [-0.3, -0.25) is 0 Å². The van der Waals surface area contributed by atoms with E-state index >= 15 is 0 Å². The summed E-state index contributed by atoms with van der Waals surface area (Å²) in [6, 6.07) is 12.0. The Morgan fingerprint density at radius 1 is 1.15 bits per heavy atom. The molecule has 142 valence electrons. The predicted octanol–water partition coefficient (Wildman–Crippen LogP) is 1.35. The molecule has 26 heavy (non-hydrogen) atoms. The number of primary sulfonamides is 1. The molecule has 2 aromatic rings. The lowest BCUT2D eigenvalue weighted by molar-refractivity contribution is 0.171. The van der Waals surface area contributed by atoms with Crippen molar-refractivity contribution in [1.82, 2.24) is 5.32 Å². The highest BCUT2D eigenvalue weighted by Gasteiger charge is 2.15. The monoisotopic (exact) mass is 380 g/mol. The molecule has 2 aromatic carbocycles. The number of aryl methyl sites for hydroxylation is 1. The second-order valence-corrected chi connectivity index (χ2v) is 7.34. The first-order valence-electron chi connectivity index (χ1n) is 8.10. The maximum absolute atomic E-state index is 11.6. The first kappa shape index (κ1) is 20.2. The molecule has 0 amide bonds. The molecule has 0 aromatic heterocycles. The third kappa shape index (κ3) is 5.70. The molecule has 0 aliphatic rings. The number of aliphatic hydroxyl groups is 1. The summed E-state index contributed by atoms with van der Waals surface area (Å²) < 4.78 is 33.8. The number of hydrogen-bond donors (Lipinski definition) is 3. The standard InChI is InChI=1S/C18H24N2O5S/c1-13-3-4-14(11-18(13)26(19,22)23)17(21)12-20-9-10-25-16-7-5-15(24-2)6-8-16/h3-8,11,17,20-21H,9-10,12H2,1-2H3,(H2,19,22,23). The molecule has 1 atom stereocenters. The molecule has 0 aliphatic carbocycles. The summed E-state index contributed by atoms with van der Waals surface area (Å²) in [5.74, 6) is 1.49. The van der Waals surface area contributed by atoms with Crippen molar-refractivity contribution in [3.63, 3.8) is 0 Å². The summed E-state index contributed by atoms with van der Waals surface area (Å²) in [7, 11) is -2.21. The van der Waals surface area contributed by atoms with Gasteiger partial charge in [-0.05, 0) is 48.4 Å². The Kier molecular flexibility index (Phi) is 6.98. The van der Waals surface area contributed by atoms with Crippen LogP contribution in [0.2, 0.25) is 0 Å². The third-order valence-electron chi connectivity index (χ3n) is 3.85. The maximum Gasteiger partial charge on any atom is 0.238 e. The SMILES string of the molecule is COc1ccc(OCCNCC(O)c2ccc(C)c(S(N)(=O)=O)c2)cc1. The highest BCUT2D eigenvalue weighted by atomic mass is 32.2. The Hall–Kier alpha value is -2.13. The summed E-state index contributed by atoms with van der Waals surface area (Å²) in [4.78, 5) is 0.0249. The van der Waals surface area contributed by atoms with E-state index in [9.17, 15) is 13.5 Å². The number of nitrogens with two attached hydrogens (primary N) is 1. The zero-order valence-electron chi connectivity index (χ0n) is 14.8. The molecule has 0 saturated heterocycles. The molecule has 7 nitrogen and oxygen atoms in total. The van der Waals surface area contributed by atoms with Crippen molar-refractivity contribution in [3.8, 4) is 11.5 Å². The van der Waals surface area contributed by atoms with Gasteiger partial charge in [0.05, 0.1) is 18.1 Å². The number of sulfonamides is 1. The number of ether oxygens (including phenoxy) is 2. The molecular formula is C18H24N2O5S. The fourth-order valence-electron chi connectivity index (χ4n) is 2.40. The lowest BCUT2D eigenvalue weighted by Gasteiger charge is -2.14. The summed E-state index contributed by atoms with van der Waals surface area (Å²) in [5, 5.41) is 18.5. The van der Waals surface area contributed by atoms with Crippen LogP contribution in [0, 0.1) is 6.92 Å². The molecule has 1 unspecified atom stereocenters. The minimum Gasteiger partial charge on any atom is -0.497 e. The number of benzene rings is 2. The quantitative estimate of drug-likeness (QED) is 0.567. The van der Waals surface area contributed by atoms with Gasteiger partial charge in [0.25, 0.3) is 0 Å². The van der Waals surface area contributed by atoms with Crippen LogP contribution in [0.1, 0.15) is 17.2 Å². The van der Waals surface area contributed by atoms with E-state index in [1.807, 2.05) is 24.3 Å². The number of hydrogen-bond acceptors (Lipinski definition) is 6. The zero-order chi connectivity index (χ0) is 19.2. The van der Waals surface area contributed by atoms with Gasteiger partial charge in [-0.15, -0.1) is 0 Å². The van der Waals surface area contributed by atoms with Crippen molar-refractivity contribution in [3.05, 3.63) is 53.6 Å². The van der Waals surface area contributed by atoms with Crippen molar-refractivity contribution < 1.29 is 23.0 Å². The van der Waals surface area contributed by atoms with E-state index in [2.05, 4.69) is 5.32 Å². The molecule has 0 spiro atoms. The van der Waals surface area contributed by atoms with Crippen molar-refractivity contribution >= 4 is 10.0 Å². The first-order valence-corrected chi connectivity index (χ1v) is 9.65. The van der Waals surface area contributed by atoms with Gasteiger partial charge < -0.3 is 19.9 Å². The van der Waals surface area contributed by atoms with Gasteiger partial charge in [0, 0.05) is 13.1 Å². The van der Waals surface area contributed by atoms with Crippen molar-refractivity contribution in [2.45, 2.75) is 17.9 Å². The fraction of sp³-hybridized carbons (Fsp3) is 0.333. The van der Waals surface area contributed by atoms with Gasteiger partial charge in [-0.2, -0.15) is 0 Å². The molecule has 0 bridgehead atoms. The molecule has 8 heteroatoms. The lowest BCUT2D eigenvalue weighted by atomic mass is 10.1. The largest absolute Gasteiger partial charge is 0.497 e. The molecule has 0 aliphatic heterocycles. The zero-order valence-corrected chi connectivity index (χ0v) is 15.6. The highest BCUT2D eigenvalue weighted by Crippen LogP contribution is 2.20. The highest BCUT2D eigenvalue weighted by molar-refractivity contribution is 7.89. The number of methoxy groups -OCH3 is 1. The van der Waals surface area contributed by atoms with Crippen molar-refractivity contribution in [1.29, 1.82) is 0 Å². The molecule has 4 N–H and O–H groups in total. The minimum absolute atomic E-state index is 0.0249. The van der Waals surface area contributed by atoms with E-state index in [4.69, 9.17) is 14.6 Å². The minimum atomic E-state index is -3.81. The van der Waals surface area contributed by atoms with E-state index in [0.717, 1.165) is 11.5 Å². The predicted molar refractivity (Wildman–Crippen MR) is 98.9 cm³/mol. The van der Waals surface area contributed by atoms with Gasteiger partial charge in [0.2, 0.25) is 10.0 Å². The summed E-state index contributed by atoms with van der Waals surface area (Å²) in [5.41, 5.74) is 1.03. The molecule has 0 fully saturated rings. The second kappa shape index (κ2) is 9.00. The smallest absolute Gasteiger partial charge is 0.238 e. The van der Waals surface area contributed by atoms with E-state index in [0.29, 0.717) is 24.3 Å². The Labute approximate surface area is 153 Å². The van der Waals surface area contributed by atoms with Crippen LogP contribution < -0.4 is 19.9 Å². The van der Waals surface area contributed by atoms with Gasteiger partial charge in [0.15, 0.2) is 0 Å². The van der Waals surface area contributed by atoms with Crippen LogP contribution in [0.5, 0.6) is 11.5 Å². The first-order chi connectivity index (χ1) is 12.3. The Bertz CT molecular complexity index is 822. The van der Waals surface area contributed by atoms with Gasteiger partial charge >= 0.3 is 0 Å². The van der Waals surface area contributed by atoms with Gasteiger partial charge in [-0.25, -0.2) is 13.6 Å². The van der Waals surface area contributed by atoms with Crippen molar-refractivity contribution in [2.75, 3.05) is 26.8 Å². The summed E-state index contributed by atoms with van der Waals surface area (Å²) in [6.45, 7) is 2.87. The second-order valence-electron chi connectivity index (χ2n) is 5.81. The normalized spacial score (nSPS) is 12.6. The van der Waals surface area contributed by atoms with E-state index in [1.165, 1.54) is 6.07 Å². The lowest BCUT2D eigenvalue weighted by Crippen LogP contribution is -2.26. The van der Waals surface area contributed by atoms with Crippen LogP contribution >= 0.6 is 0 Å².